The monoisotopic (exact) mass is 466 g/mol. The Kier molecular flexibility index (Phi) is 7.08. The molecule has 14 atom stereocenters. The van der Waals surface area contributed by atoms with Crippen molar-refractivity contribution in [1.82, 2.24) is 0 Å². The molecule has 5 N–H and O–H groups in total. The van der Waals surface area contributed by atoms with E-state index >= 15 is 0 Å². The van der Waals surface area contributed by atoms with Crippen LogP contribution in [0.3, 0.4) is 0 Å². The maximum Gasteiger partial charge on any atom is 0.0830 e. The summed E-state index contributed by atoms with van der Waals surface area (Å²) >= 11 is 0. The molecule has 0 amide bonds. The topological polar surface area (TPSA) is 101 Å². The molecule has 0 aromatic heterocycles. The van der Waals surface area contributed by atoms with Crippen molar-refractivity contribution in [3.63, 3.8) is 0 Å². The first-order valence-corrected chi connectivity index (χ1v) is 13.7. The number of hydrogen-bond acceptors (Lipinski definition) is 5. The average molecular weight is 467 g/mol. The Hall–Kier alpha value is -0.200. The second-order valence-electron chi connectivity index (χ2n) is 13.5. The van der Waals surface area contributed by atoms with Crippen molar-refractivity contribution in [3.8, 4) is 0 Å². The van der Waals surface area contributed by atoms with Gasteiger partial charge in [0.05, 0.1) is 30.5 Å². The van der Waals surface area contributed by atoms with E-state index in [9.17, 15) is 25.5 Å². The van der Waals surface area contributed by atoms with Gasteiger partial charge in [-0.05, 0) is 103 Å². The Morgan fingerprint density at radius 2 is 1.33 bits per heavy atom. The lowest BCUT2D eigenvalue weighted by atomic mass is 9.43. The smallest absolute Gasteiger partial charge is 0.0830 e. The number of aliphatic hydroxyl groups excluding tert-OH is 5. The summed E-state index contributed by atoms with van der Waals surface area (Å²) in [6.45, 7) is 13.0. The molecule has 0 saturated heterocycles. The zero-order valence-corrected chi connectivity index (χ0v) is 21.7. The van der Waals surface area contributed by atoms with Crippen molar-refractivity contribution in [3.05, 3.63) is 0 Å². The molecule has 33 heavy (non-hydrogen) atoms. The van der Waals surface area contributed by atoms with Gasteiger partial charge in [-0.1, -0.05) is 41.5 Å². The summed E-state index contributed by atoms with van der Waals surface area (Å²) in [6.07, 6.45) is 3.01. The molecule has 0 aromatic carbocycles. The van der Waals surface area contributed by atoms with Crippen molar-refractivity contribution in [2.75, 3.05) is 0 Å². The van der Waals surface area contributed by atoms with Gasteiger partial charge in [-0.25, -0.2) is 0 Å². The van der Waals surface area contributed by atoms with Crippen LogP contribution in [0.2, 0.25) is 0 Å². The molecule has 0 spiro atoms. The van der Waals surface area contributed by atoms with Gasteiger partial charge in [-0.2, -0.15) is 0 Å². The summed E-state index contributed by atoms with van der Waals surface area (Å²) in [7, 11) is 0. The van der Waals surface area contributed by atoms with Crippen LogP contribution in [0.15, 0.2) is 0 Å². The quantitative estimate of drug-likeness (QED) is 0.426. The largest absolute Gasteiger partial charge is 0.393 e. The highest BCUT2D eigenvalue weighted by Crippen LogP contribution is 2.68. The highest BCUT2D eigenvalue weighted by Gasteiger charge is 2.63. The lowest BCUT2D eigenvalue weighted by Crippen LogP contribution is -2.60. The van der Waals surface area contributed by atoms with E-state index in [1.54, 1.807) is 0 Å². The van der Waals surface area contributed by atoms with Crippen molar-refractivity contribution in [2.45, 2.75) is 117 Å². The van der Waals surface area contributed by atoms with Crippen LogP contribution in [-0.4, -0.2) is 56.1 Å². The van der Waals surface area contributed by atoms with Crippen LogP contribution in [0.4, 0.5) is 0 Å². The van der Waals surface area contributed by atoms with Gasteiger partial charge in [0.25, 0.3) is 0 Å². The van der Waals surface area contributed by atoms with Crippen LogP contribution in [0.25, 0.3) is 0 Å². The average Bonchev–Trinajstić information content (AvgIpc) is 3.10. The predicted octanol–water partition coefficient (Wildman–Crippen LogP) is 3.60. The third-order valence-electron chi connectivity index (χ3n) is 11.9. The van der Waals surface area contributed by atoms with Gasteiger partial charge in [0.15, 0.2) is 0 Å². The van der Waals surface area contributed by atoms with Crippen LogP contribution in [0, 0.1) is 58.2 Å². The Morgan fingerprint density at radius 3 is 1.97 bits per heavy atom. The molecule has 192 valence electrons. The third kappa shape index (κ3) is 4.02. The fraction of sp³-hybridized carbons (Fsp3) is 1.00. The van der Waals surface area contributed by atoms with E-state index in [1.165, 1.54) is 0 Å². The molecule has 1 unspecified atom stereocenters. The summed E-state index contributed by atoms with van der Waals surface area (Å²) in [6, 6.07) is 0. The van der Waals surface area contributed by atoms with Gasteiger partial charge in [0.1, 0.15) is 0 Å². The Morgan fingerprint density at radius 1 is 0.697 bits per heavy atom. The fourth-order valence-corrected chi connectivity index (χ4v) is 9.48. The van der Waals surface area contributed by atoms with Crippen molar-refractivity contribution < 1.29 is 25.5 Å². The molecule has 4 aliphatic rings. The van der Waals surface area contributed by atoms with Gasteiger partial charge in [-0.3, -0.25) is 0 Å². The van der Waals surface area contributed by atoms with Crippen LogP contribution in [-0.2, 0) is 0 Å². The molecule has 0 aliphatic heterocycles. The molecule has 5 heteroatoms. The molecule has 4 fully saturated rings. The second kappa shape index (κ2) is 9.03. The summed E-state index contributed by atoms with van der Waals surface area (Å²) in [4.78, 5) is 0. The van der Waals surface area contributed by atoms with Gasteiger partial charge >= 0.3 is 0 Å². The van der Waals surface area contributed by atoms with Crippen LogP contribution < -0.4 is 0 Å². The highest BCUT2D eigenvalue weighted by atomic mass is 16.3. The Bertz CT molecular complexity index is 698. The molecular formula is C28H50O5. The molecule has 4 aliphatic carbocycles. The first kappa shape index (κ1) is 25.9. The van der Waals surface area contributed by atoms with Crippen LogP contribution in [0.1, 0.15) is 86.5 Å². The Labute approximate surface area is 201 Å². The minimum atomic E-state index is -0.721. The van der Waals surface area contributed by atoms with E-state index in [-0.39, 0.29) is 28.6 Å². The summed E-state index contributed by atoms with van der Waals surface area (Å²) in [5.74, 6) is 2.25. The number of hydrogen-bond donors (Lipinski definition) is 5. The van der Waals surface area contributed by atoms with Crippen LogP contribution >= 0.6 is 0 Å². The van der Waals surface area contributed by atoms with E-state index in [2.05, 4.69) is 34.6 Å². The summed E-state index contributed by atoms with van der Waals surface area (Å²) in [5.41, 5.74) is -0.0213. The van der Waals surface area contributed by atoms with Gasteiger partial charge < -0.3 is 25.5 Å². The SMILES string of the molecule is CC(C)[C@H](C)[C@@H](O)[C@H](O)[C@@H](C)[C@H]1CCC2[C@@H]3C[C@H](O)[C@H]4C[C@H](O)[C@H](O)C[C@]4(C)[C@H]3CC[C@@]21C. The molecule has 0 bridgehead atoms. The molecule has 0 aromatic rings. The van der Waals surface area contributed by atoms with Crippen molar-refractivity contribution >= 4 is 0 Å². The van der Waals surface area contributed by atoms with Crippen molar-refractivity contribution in [1.29, 1.82) is 0 Å². The lowest BCUT2D eigenvalue weighted by Gasteiger charge is -2.63. The van der Waals surface area contributed by atoms with Crippen molar-refractivity contribution in [2.24, 2.45) is 58.2 Å². The Balaban J connectivity index is 1.55. The number of fused-ring (bicyclic) bond motifs is 5. The van der Waals surface area contributed by atoms with E-state index in [4.69, 9.17) is 0 Å². The maximum absolute atomic E-state index is 11.2. The molecule has 5 nitrogen and oxygen atoms in total. The van der Waals surface area contributed by atoms with E-state index in [0.717, 1.165) is 32.1 Å². The number of rotatable bonds is 5. The third-order valence-corrected chi connectivity index (χ3v) is 11.9. The lowest BCUT2D eigenvalue weighted by molar-refractivity contribution is -0.197. The second-order valence-corrected chi connectivity index (χ2v) is 13.5. The van der Waals surface area contributed by atoms with E-state index < -0.39 is 30.5 Å². The van der Waals surface area contributed by atoms with E-state index in [1.807, 2.05) is 6.92 Å². The molecule has 0 radical (unpaired) electrons. The first-order valence-electron chi connectivity index (χ1n) is 13.7. The molecular weight excluding hydrogens is 416 g/mol. The van der Waals surface area contributed by atoms with Gasteiger partial charge in [0, 0.05) is 0 Å². The minimum absolute atomic E-state index is 0.0382. The predicted molar refractivity (Wildman–Crippen MR) is 129 cm³/mol. The maximum atomic E-state index is 11.2. The number of aliphatic hydroxyl groups is 5. The first-order chi connectivity index (χ1) is 15.3. The molecule has 4 saturated carbocycles. The van der Waals surface area contributed by atoms with Gasteiger partial charge in [0.2, 0.25) is 0 Å². The van der Waals surface area contributed by atoms with Gasteiger partial charge in [-0.15, -0.1) is 0 Å². The normalized spacial score (nSPS) is 51.3. The minimum Gasteiger partial charge on any atom is -0.393 e. The zero-order chi connectivity index (χ0) is 24.5. The molecule has 0 heterocycles. The standard InChI is InChI=1S/C28H50O5/c1-14(2)15(3)25(32)26(33)16(4)18-7-8-19-17-11-22(29)21-12-23(30)24(31)13-28(21,6)20(17)9-10-27(18,19)5/h14-26,29-33H,7-13H2,1-6H3/t15-,16-,17-,18+,19?,20-,21+,22-,23-,24+,25+,26+,27+,28+/m0/s1. The molecule has 4 rings (SSSR count). The highest BCUT2D eigenvalue weighted by molar-refractivity contribution is 5.12. The zero-order valence-electron chi connectivity index (χ0n) is 21.7. The fourth-order valence-electron chi connectivity index (χ4n) is 9.48. The summed E-state index contributed by atoms with van der Waals surface area (Å²) < 4.78 is 0. The van der Waals surface area contributed by atoms with Crippen LogP contribution in [0.5, 0.6) is 0 Å². The van der Waals surface area contributed by atoms with E-state index in [0.29, 0.717) is 42.4 Å². The summed E-state index contributed by atoms with van der Waals surface area (Å²) in [5, 5.41) is 54.0.